The molecule has 1 fully saturated rings. The fraction of sp³-hybridized carbons (Fsp3) is 0.381. The SMILES string of the molecule is Cc1cncc2cc(-c3cnc4ccc(NC5CCC(C)CC5)nn34)sc12. The number of pyridine rings is 1. The summed E-state index contributed by atoms with van der Waals surface area (Å²) in [5.41, 5.74) is 3.12. The molecule has 4 aromatic heterocycles. The molecule has 0 aromatic carbocycles. The zero-order chi connectivity index (χ0) is 18.4. The monoisotopic (exact) mass is 377 g/mol. The number of fused-ring (bicyclic) bond motifs is 2. The number of imidazole rings is 1. The molecule has 1 aliphatic rings. The van der Waals surface area contributed by atoms with E-state index in [4.69, 9.17) is 5.10 Å². The van der Waals surface area contributed by atoms with Gasteiger partial charge in [-0.2, -0.15) is 0 Å². The second-order valence-corrected chi connectivity index (χ2v) is 8.77. The van der Waals surface area contributed by atoms with Crippen molar-refractivity contribution in [2.45, 2.75) is 45.6 Å². The molecule has 27 heavy (non-hydrogen) atoms. The molecule has 0 atom stereocenters. The van der Waals surface area contributed by atoms with Crippen LogP contribution in [0.15, 0.2) is 36.8 Å². The van der Waals surface area contributed by atoms with Crippen molar-refractivity contribution in [3.63, 3.8) is 0 Å². The molecule has 4 heterocycles. The molecule has 138 valence electrons. The van der Waals surface area contributed by atoms with Gasteiger partial charge >= 0.3 is 0 Å². The highest BCUT2D eigenvalue weighted by Gasteiger charge is 2.19. The molecule has 0 saturated heterocycles. The van der Waals surface area contributed by atoms with Gasteiger partial charge in [0.05, 0.1) is 11.1 Å². The van der Waals surface area contributed by atoms with Gasteiger partial charge in [-0.25, -0.2) is 9.50 Å². The van der Waals surface area contributed by atoms with E-state index in [-0.39, 0.29) is 0 Å². The topological polar surface area (TPSA) is 55.1 Å². The third-order valence-corrected chi connectivity index (χ3v) is 6.89. The standard InChI is InChI=1S/C21H23N5S/c1-13-3-5-16(6-4-13)24-19-7-8-20-23-12-17(26(20)25-19)18-9-15-11-22-10-14(2)21(15)27-18/h7-13,16H,3-6H2,1-2H3,(H,24,25). The Balaban J connectivity index is 1.50. The Morgan fingerprint density at radius 3 is 2.78 bits per heavy atom. The Hall–Kier alpha value is -2.47. The molecular formula is C21H23N5S. The second kappa shape index (κ2) is 6.60. The van der Waals surface area contributed by atoms with Crippen LogP contribution in [0.3, 0.4) is 0 Å². The molecule has 0 unspecified atom stereocenters. The number of aromatic nitrogens is 4. The molecule has 0 amide bonds. The van der Waals surface area contributed by atoms with Crippen LogP contribution in [0.4, 0.5) is 5.82 Å². The zero-order valence-electron chi connectivity index (χ0n) is 15.6. The highest BCUT2D eigenvalue weighted by molar-refractivity contribution is 7.22. The van der Waals surface area contributed by atoms with Crippen LogP contribution in [0, 0.1) is 12.8 Å². The van der Waals surface area contributed by atoms with E-state index in [1.807, 2.05) is 35.2 Å². The Morgan fingerprint density at radius 1 is 1.11 bits per heavy atom. The summed E-state index contributed by atoms with van der Waals surface area (Å²) >= 11 is 1.78. The molecule has 1 aliphatic carbocycles. The highest BCUT2D eigenvalue weighted by atomic mass is 32.1. The van der Waals surface area contributed by atoms with Crippen LogP contribution in [-0.2, 0) is 0 Å². The summed E-state index contributed by atoms with van der Waals surface area (Å²) < 4.78 is 3.24. The predicted octanol–water partition coefficient (Wildman–Crippen LogP) is 5.31. The number of rotatable bonds is 3. The number of thiophene rings is 1. The van der Waals surface area contributed by atoms with Crippen molar-refractivity contribution in [3.05, 3.63) is 42.4 Å². The van der Waals surface area contributed by atoms with Gasteiger partial charge in [0.25, 0.3) is 0 Å². The van der Waals surface area contributed by atoms with Crippen molar-refractivity contribution in [1.82, 2.24) is 19.6 Å². The van der Waals surface area contributed by atoms with Crippen molar-refractivity contribution in [1.29, 1.82) is 0 Å². The Labute approximate surface area is 162 Å². The molecule has 0 radical (unpaired) electrons. The van der Waals surface area contributed by atoms with E-state index in [9.17, 15) is 0 Å². The van der Waals surface area contributed by atoms with Crippen molar-refractivity contribution >= 4 is 32.9 Å². The lowest BCUT2D eigenvalue weighted by molar-refractivity contribution is 0.360. The largest absolute Gasteiger partial charge is 0.366 e. The van der Waals surface area contributed by atoms with Gasteiger partial charge in [0.2, 0.25) is 0 Å². The number of nitrogens with zero attached hydrogens (tertiary/aromatic N) is 4. The summed E-state index contributed by atoms with van der Waals surface area (Å²) in [6.45, 7) is 4.45. The summed E-state index contributed by atoms with van der Waals surface area (Å²) in [5, 5.41) is 9.66. The average Bonchev–Trinajstić information content (AvgIpc) is 3.28. The Morgan fingerprint density at radius 2 is 1.96 bits per heavy atom. The lowest BCUT2D eigenvalue weighted by Gasteiger charge is -2.27. The minimum Gasteiger partial charge on any atom is -0.366 e. The summed E-state index contributed by atoms with van der Waals surface area (Å²) in [5.74, 6) is 1.78. The van der Waals surface area contributed by atoms with Crippen LogP contribution in [0.5, 0.6) is 0 Å². The van der Waals surface area contributed by atoms with Gasteiger partial charge in [-0.15, -0.1) is 16.4 Å². The number of aryl methyl sites for hydroxylation is 1. The zero-order valence-corrected chi connectivity index (χ0v) is 16.5. The van der Waals surface area contributed by atoms with Gasteiger partial charge in [-0.3, -0.25) is 4.98 Å². The molecule has 1 saturated carbocycles. The normalized spacial score (nSPS) is 20.4. The first-order valence-electron chi connectivity index (χ1n) is 9.63. The van der Waals surface area contributed by atoms with Crippen LogP contribution in [-0.4, -0.2) is 25.6 Å². The van der Waals surface area contributed by atoms with Crippen molar-refractivity contribution in [2.24, 2.45) is 5.92 Å². The third kappa shape index (κ3) is 3.08. The first kappa shape index (κ1) is 16.7. The van der Waals surface area contributed by atoms with Crippen LogP contribution >= 0.6 is 11.3 Å². The Bertz CT molecular complexity index is 1100. The minimum atomic E-state index is 0.524. The minimum absolute atomic E-state index is 0.524. The molecule has 5 nitrogen and oxygen atoms in total. The van der Waals surface area contributed by atoms with E-state index in [1.54, 1.807) is 11.3 Å². The van der Waals surface area contributed by atoms with Gasteiger partial charge in [0.15, 0.2) is 5.65 Å². The molecule has 0 spiro atoms. The maximum absolute atomic E-state index is 4.85. The fourth-order valence-electron chi connectivity index (χ4n) is 3.96. The van der Waals surface area contributed by atoms with Gasteiger partial charge < -0.3 is 5.32 Å². The van der Waals surface area contributed by atoms with E-state index in [2.05, 4.69) is 35.2 Å². The number of anilines is 1. The first-order valence-corrected chi connectivity index (χ1v) is 10.4. The lowest BCUT2D eigenvalue weighted by atomic mass is 9.87. The quantitative estimate of drug-likeness (QED) is 0.526. The van der Waals surface area contributed by atoms with Gasteiger partial charge in [-0.1, -0.05) is 6.92 Å². The van der Waals surface area contributed by atoms with E-state index >= 15 is 0 Å². The molecule has 1 N–H and O–H groups in total. The summed E-state index contributed by atoms with van der Waals surface area (Å²) in [7, 11) is 0. The van der Waals surface area contributed by atoms with Crippen molar-refractivity contribution < 1.29 is 0 Å². The van der Waals surface area contributed by atoms with Crippen molar-refractivity contribution in [2.75, 3.05) is 5.32 Å². The lowest BCUT2D eigenvalue weighted by Crippen LogP contribution is -2.25. The molecule has 0 aliphatic heterocycles. The van der Waals surface area contributed by atoms with E-state index in [0.717, 1.165) is 23.1 Å². The molecule has 4 aromatic rings. The van der Waals surface area contributed by atoms with Crippen LogP contribution in [0.2, 0.25) is 0 Å². The van der Waals surface area contributed by atoms with Gasteiger partial charge in [-0.05, 0) is 62.3 Å². The fourth-order valence-corrected chi connectivity index (χ4v) is 5.05. The second-order valence-electron chi connectivity index (χ2n) is 7.72. The smallest absolute Gasteiger partial charge is 0.154 e. The third-order valence-electron chi connectivity index (χ3n) is 5.58. The summed E-state index contributed by atoms with van der Waals surface area (Å²) in [6, 6.07) is 6.80. The van der Waals surface area contributed by atoms with Crippen molar-refractivity contribution in [3.8, 4) is 10.6 Å². The number of hydrogen-bond donors (Lipinski definition) is 1. The van der Waals surface area contributed by atoms with E-state index < -0.39 is 0 Å². The molecule has 5 rings (SSSR count). The first-order chi connectivity index (χ1) is 13.2. The highest BCUT2D eigenvalue weighted by Crippen LogP contribution is 2.35. The van der Waals surface area contributed by atoms with E-state index in [1.165, 1.54) is 46.2 Å². The summed E-state index contributed by atoms with van der Waals surface area (Å²) in [6.07, 6.45) is 10.8. The average molecular weight is 378 g/mol. The molecular weight excluding hydrogens is 354 g/mol. The van der Waals surface area contributed by atoms with Gasteiger partial charge in [0.1, 0.15) is 11.5 Å². The van der Waals surface area contributed by atoms with Crippen LogP contribution in [0.1, 0.15) is 38.2 Å². The molecule has 6 heteroatoms. The number of nitrogens with one attached hydrogen (secondary N) is 1. The van der Waals surface area contributed by atoms with Gasteiger partial charge in [0, 0.05) is 28.5 Å². The maximum atomic E-state index is 4.85. The van der Waals surface area contributed by atoms with Crippen LogP contribution < -0.4 is 5.32 Å². The molecule has 0 bridgehead atoms. The van der Waals surface area contributed by atoms with E-state index in [0.29, 0.717) is 6.04 Å². The maximum Gasteiger partial charge on any atom is 0.154 e. The van der Waals surface area contributed by atoms with Crippen LogP contribution in [0.25, 0.3) is 26.3 Å². The summed E-state index contributed by atoms with van der Waals surface area (Å²) in [4.78, 5) is 10.0. The number of hydrogen-bond acceptors (Lipinski definition) is 5. The predicted molar refractivity (Wildman–Crippen MR) is 111 cm³/mol. The Kier molecular flexibility index (Phi) is 4.08.